The van der Waals surface area contributed by atoms with Crippen LogP contribution < -0.4 is 29.9 Å². The van der Waals surface area contributed by atoms with Gasteiger partial charge in [-0.05, 0) is 98.7 Å². The first-order valence-corrected chi connectivity index (χ1v) is 14.6. The number of anilines is 3. The van der Waals surface area contributed by atoms with Crippen molar-refractivity contribution in [2.24, 2.45) is 0 Å². The molecule has 13 heteroatoms. The zero-order valence-electron chi connectivity index (χ0n) is 27.7. The van der Waals surface area contributed by atoms with Crippen LogP contribution in [0.5, 0.6) is 17.2 Å². The molecule has 46 heavy (non-hydrogen) atoms. The average molecular weight is 636 g/mol. The highest BCUT2D eigenvalue weighted by atomic mass is 16.7. The largest absolute Gasteiger partial charge is 0.864 e. The van der Waals surface area contributed by atoms with Crippen molar-refractivity contribution in [3.63, 3.8) is 0 Å². The van der Waals surface area contributed by atoms with Crippen LogP contribution in [0, 0.1) is 0 Å². The Labute approximate surface area is 270 Å². The lowest BCUT2D eigenvalue weighted by Gasteiger charge is -2.21. The molecule has 0 saturated heterocycles. The molecule has 12 nitrogen and oxygen atoms in total. The molecule has 246 valence electrons. The van der Waals surface area contributed by atoms with Gasteiger partial charge in [-0.25, -0.2) is 14.4 Å². The average Bonchev–Trinajstić information content (AvgIpc) is 2.86. The smallest absolute Gasteiger partial charge is 0.489 e. The van der Waals surface area contributed by atoms with Gasteiger partial charge in [0.05, 0.1) is 0 Å². The van der Waals surface area contributed by atoms with E-state index in [4.69, 9.17) is 28.2 Å². The Balaban J connectivity index is 1.83. The SMILES string of the molecule is CC(C)(C)OC(=O)Nc1cccc(OB(Oc2cccc(NC(=O)OC(C)(C)C)c2)Oc2cccc(NC(=O)OC(C)(C)C)c2)c1. The minimum atomic E-state index is -1.37. The molecular weight excluding hydrogens is 593 g/mol. The Morgan fingerprint density at radius 2 is 0.739 bits per heavy atom. The predicted molar refractivity (Wildman–Crippen MR) is 177 cm³/mol. The van der Waals surface area contributed by atoms with Crippen molar-refractivity contribution in [2.45, 2.75) is 79.1 Å². The van der Waals surface area contributed by atoms with Gasteiger partial charge in [0.15, 0.2) is 0 Å². The van der Waals surface area contributed by atoms with Crippen LogP contribution in [0.2, 0.25) is 0 Å². The molecule has 0 saturated carbocycles. The Kier molecular flexibility index (Phi) is 11.4. The summed E-state index contributed by atoms with van der Waals surface area (Å²) in [6.45, 7) is 15.9. The first-order valence-electron chi connectivity index (χ1n) is 14.6. The lowest BCUT2D eigenvalue weighted by atomic mass is 10.1. The van der Waals surface area contributed by atoms with E-state index in [9.17, 15) is 14.4 Å². The van der Waals surface area contributed by atoms with E-state index in [0.29, 0.717) is 34.3 Å². The van der Waals surface area contributed by atoms with E-state index < -0.39 is 42.4 Å². The number of rotatable bonds is 9. The van der Waals surface area contributed by atoms with Gasteiger partial charge < -0.3 is 28.2 Å². The zero-order valence-corrected chi connectivity index (χ0v) is 27.7. The number of hydrogen-bond donors (Lipinski definition) is 3. The van der Waals surface area contributed by atoms with Crippen molar-refractivity contribution < 1.29 is 42.6 Å². The molecule has 3 amide bonds. The number of hydrogen-bond acceptors (Lipinski definition) is 9. The fourth-order valence-corrected chi connectivity index (χ4v) is 3.61. The van der Waals surface area contributed by atoms with Crippen LogP contribution in [0.15, 0.2) is 72.8 Å². The number of nitrogens with one attached hydrogen (secondary N) is 3. The second-order valence-electron chi connectivity index (χ2n) is 13.1. The van der Waals surface area contributed by atoms with Crippen LogP contribution in [0.25, 0.3) is 0 Å². The maximum atomic E-state index is 12.3. The molecule has 0 spiro atoms. The minimum absolute atomic E-state index is 0.296. The fraction of sp³-hybridized carbons (Fsp3) is 0.364. The maximum absolute atomic E-state index is 12.3. The van der Waals surface area contributed by atoms with Crippen LogP contribution in [0.4, 0.5) is 31.4 Å². The molecule has 0 radical (unpaired) electrons. The lowest BCUT2D eigenvalue weighted by molar-refractivity contribution is 0.0624. The highest BCUT2D eigenvalue weighted by Crippen LogP contribution is 2.25. The van der Waals surface area contributed by atoms with Crippen molar-refractivity contribution in [3.05, 3.63) is 72.8 Å². The van der Waals surface area contributed by atoms with Gasteiger partial charge >= 0.3 is 25.6 Å². The predicted octanol–water partition coefficient (Wildman–Crippen LogP) is 8.25. The Morgan fingerprint density at radius 1 is 0.478 bits per heavy atom. The summed E-state index contributed by atoms with van der Waals surface area (Å²) < 4.78 is 34.2. The summed E-state index contributed by atoms with van der Waals surface area (Å²) in [5.74, 6) is 0.888. The Morgan fingerprint density at radius 3 is 0.978 bits per heavy atom. The van der Waals surface area contributed by atoms with Crippen molar-refractivity contribution in [1.29, 1.82) is 0 Å². The van der Waals surface area contributed by atoms with Gasteiger partial charge in [-0.2, -0.15) is 0 Å². The van der Waals surface area contributed by atoms with Gasteiger partial charge in [0, 0.05) is 35.3 Å². The van der Waals surface area contributed by atoms with E-state index in [1.54, 1.807) is 135 Å². The molecule has 0 aromatic heterocycles. The van der Waals surface area contributed by atoms with Gasteiger partial charge in [0.1, 0.15) is 34.1 Å². The van der Waals surface area contributed by atoms with Crippen molar-refractivity contribution in [2.75, 3.05) is 16.0 Å². The summed E-state index contributed by atoms with van der Waals surface area (Å²) in [7, 11) is -1.37. The Bertz CT molecular complexity index is 1330. The molecule has 3 N–H and O–H groups in total. The van der Waals surface area contributed by atoms with Gasteiger partial charge in [-0.3, -0.25) is 16.0 Å². The van der Waals surface area contributed by atoms with Crippen molar-refractivity contribution in [3.8, 4) is 17.2 Å². The molecule has 3 rings (SSSR count). The summed E-state index contributed by atoms with van der Waals surface area (Å²) in [5.41, 5.74) is -0.784. The van der Waals surface area contributed by atoms with Crippen LogP contribution in [-0.2, 0) is 14.2 Å². The summed E-state index contributed by atoms with van der Waals surface area (Å²) in [6, 6.07) is 19.7. The number of carbonyl (C=O) groups is 3. The normalized spacial score (nSPS) is 11.4. The number of carbonyl (C=O) groups excluding carboxylic acids is 3. The summed E-state index contributed by atoms with van der Waals surface area (Å²) in [5, 5.41) is 8.00. The van der Waals surface area contributed by atoms with E-state index in [0.717, 1.165) is 0 Å². The van der Waals surface area contributed by atoms with E-state index in [1.165, 1.54) is 0 Å². The molecule has 0 bridgehead atoms. The molecule has 3 aromatic carbocycles. The number of ether oxygens (including phenoxy) is 3. The standard InChI is InChI=1S/C33H42BN3O9/c1-31(2,3)41-28(38)35-22-13-10-16-25(19-22)44-34(45-26-17-11-14-23(20-26)36-29(39)42-32(4,5)6)46-27-18-12-15-24(21-27)37-30(40)43-33(7,8)9/h10-21H,1-9H3,(H,35,38)(H,36,39)(H,37,40). The molecule has 0 unspecified atom stereocenters. The molecule has 3 aromatic rings. The fourth-order valence-electron chi connectivity index (χ4n) is 3.61. The molecule has 0 aliphatic heterocycles. The first-order chi connectivity index (χ1) is 21.3. The molecule has 0 heterocycles. The van der Waals surface area contributed by atoms with Crippen LogP contribution >= 0.6 is 0 Å². The van der Waals surface area contributed by atoms with Gasteiger partial charge in [0.2, 0.25) is 0 Å². The molecule has 0 aliphatic carbocycles. The first kappa shape index (κ1) is 35.4. The van der Waals surface area contributed by atoms with E-state index in [-0.39, 0.29) is 0 Å². The summed E-state index contributed by atoms with van der Waals surface area (Å²) in [6.07, 6.45) is -1.88. The van der Waals surface area contributed by atoms with Crippen LogP contribution in [-0.4, -0.2) is 42.4 Å². The van der Waals surface area contributed by atoms with E-state index in [1.807, 2.05) is 0 Å². The third-order valence-electron chi connectivity index (χ3n) is 5.13. The van der Waals surface area contributed by atoms with Crippen LogP contribution in [0.1, 0.15) is 62.3 Å². The quantitative estimate of drug-likeness (QED) is 0.156. The molecule has 0 fully saturated rings. The second-order valence-corrected chi connectivity index (χ2v) is 13.1. The van der Waals surface area contributed by atoms with E-state index >= 15 is 0 Å². The van der Waals surface area contributed by atoms with Gasteiger partial charge in [-0.1, -0.05) is 18.2 Å². The Hall–Kier alpha value is -5.07. The van der Waals surface area contributed by atoms with E-state index in [2.05, 4.69) is 16.0 Å². The zero-order chi connectivity index (χ0) is 34.1. The molecule has 0 atom stereocenters. The second kappa shape index (κ2) is 14.8. The topological polar surface area (TPSA) is 143 Å². The maximum Gasteiger partial charge on any atom is 0.864 e. The summed E-state index contributed by atoms with van der Waals surface area (Å²) >= 11 is 0. The lowest BCUT2D eigenvalue weighted by Crippen LogP contribution is -2.37. The van der Waals surface area contributed by atoms with Crippen molar-refractivity contribution in [1.82, 2.24) is 0 Å². The highest BCUT2D eigenvalue weighted by Gasteiger charge is 2.31. The molecule has 0 aliphatic rings. The van der Waals surface area contributed by atoms with Gasteiger partial charge in [-0.15, -0.1) is 0 Å². The molecular formula is C33H42BN3O9. The third-order valence-corrected chi connectivity index (χ3v) is 5.13. The van der Waals surface area contributed by atoms with Crippen molar-refractivity contribution >= 4 is 42.7 Å². The third kappa shape index (κ3) is 13.7. The van der Waals surface area contributed by atoms with Crippen LogP contribution in [0.3, 0.4) is 0 Å². The number of benzene rings is 3. The van der Waals surface area contributed by atoms with Gasteiger partial charge in [0.25, 0.3) is 0 Å². The monoisotopic (exact) mass is 635 g/mol. The minimum Gasteiger partial charge on any atom is -0.489 e. The number of amides is 3. The highest BCUT2D eigenvalue weighted by molar-refractivity contribution is 6.39. The summed E-state index contributed by atoms with van der Waals surface area (Å²) in [4.78, 5) is 36.9.